The molecule has 0 amide bonds. The minimum absolute atomic E-state index is 0.673. The van der Waals surface area contributed by atoms with Gasteiger partial charge in [-0.3, -0.25) is 4.90 Å². The van der Waals surface area contributed by atoms with Crippen LogP contribution in [0.15, 0.2) is 0 Å². The summed E-state index contributed by atoms with van der Waals surface area (Å²) in [5, 5.41) is 0. The van der Waals surface area contributed by atoms with Crippen LogP contribution in [0.1, 0.15) is 39.5 Å². The summed E-state index contributed by atoms with van der Waals surface area (Å²) in [6, 6.07) is 1.41. The first-order chi connectivity index (χ1) is 5.79. The topological polar surface area (TPSA) is 29.3 Å². The summed E-state index contributed by atoms with van der Waals surface area (Å²) in [6.45, 7) is 6.69. The van der Waals surface area contributed by atoms with Gasteiger partial charge in [0.2, 0.25) is 0 Å². The highest BCUT2D eigenvalue weighted by Gasteiger charge is 2.26. The molecule has 0 aromatic heterocycles. The van der Waals surface area contributed by atoms with Crippen LogP contribution in [0.5, 0.6) is 0 Å². The fourth-order valence-corrected chi connectivity index (χ4v) is 2.28. The molecule has 2 nitrogen and oxygen atoms in total. The van der Waals surface area contributed by atoms with Gasteiger partial charge in [-0.15, -0.1) is 0 Å². The zero-order chi connectivity index (χ0) is 8.97. The Morgan fingerprint density at radius 3 is 2.92 bits per heavy atom. The van der Waals surface area contributed by atoms with Crippen molar-refractivity contribution in [1.82, 2.24) is 4.90 Å². The molecule has 2 N–H and O–H groups in total. The summed E-state index contributed by atoms with van der Waals surface area (Å²) in [7, 11) is 0. The second-order valence-electron chi connectivity index (χ2n) is 3.91. The van der Waals surface area contributed by atoms with Crippen molar-refractivity contribution in [2.75, 3.05) is 13.1 Å². The molecule has 0 radical (unpaired) electrons. The highest BCUT2D eigenvalue weighted by atomic mass is 15.2. The summed E-state index contributed by atoms with van der Waals surface area (Å²) in [4.78, 5) is 2.59. The van der Waals surface area contributed by atoms with E-state index in [0.717, 1.165) is 12.6 Å². The van der Waals surface area contributed by atoms with Gasteiger partial charge < -0.3 is 5.73 Å². The number of nitrogens with two attached hydrogens (primary N) is 1. The number of hydrogen-bond acceptors (Lipinski definition) is 2. The molecule has 2 heteroatoms. The Bertz CT molecular complexity index is 125. The highest BCUT2D eigenvalue weighted by Crippen LogP contribution is 2.20. The average molecular weight is 170 g/mol. The lowest BCUT2D eigenvalue weighted by Gasteiger charge is -2.29. The Morgan fingerprint density at radius 1 is 1.58 bits per heavy atom. The molecule has 1 heterocycles. The van der Waals surface area contributed by atoms with Crippen molar-refractivity contribution < 1.29 is 0 Å². The van der Waals surface area contributed by atoms with Gasteiger partial charge in [-0.2, -0.15) is 0 Å². The molecule has 12 heavy (non-hydrogen) atoms. The van der Waals surface area contributed by atoms with Crippen molar-refractivity contribution in [2.24, 2.45) is 5.73 Å². The van der Waals surface area contributed by atoms with Crippen LogP contribution in [-0.4, -0.2) is 30.1 Å². The van der Waals surface area contributed by atoms with Gasteiger partial charge in [0, 0.05) is 18.6 Å². The van der Waals surface area contributed by atoms with Crippen LogP contribution < -0.4 is 5.73 Å². The molecule has 0 spiro atoms. The monoisotopic (exact) mass is 170 g/mol. The van der Waals surface area contributed by atoms with Crippen LogP contribution in [0.2, 0.25) is 0 Å². The third kappa shape index (κ3) is 2.20. The summed E-state index contributed by atoms with van der Waals surface area (Å²) in [5.41, 5.74) is 5.72. The molecular weight excluding hydrogens is 148 g/mol. The van der Waals surface area contributed by atoms with Crippen LogP contribution in [0.25, 0.3) is 0 Å². The van der Waals surface area contributed by atoms with E-state index in [0.29, 0.717) is 6.04 Å². The minimum Gasteiger partial charge on any atom is -0.329 e. The molecule has 0 aromatic carbocycles. The van der Waals surface area contributed by atoms with E-state index < -0.39 is 0 Å². The average Bonchev–Trinajstić information content (AvgIpc) is 2.51. The predicted molar refractivity (Wildman–Crippen MR) is 53.2 cm³/mol. The van der Waals surface area contributed by atoms with Crippen molar-refractivity contribution in [1.29, 1.82) is 0 Å². The van der Waals surface area contributed by atoms with Crippen molar-refractivity contribution >= 4 is 0 Å². The summed E-state index contributed by atoms with van der Waals surface area (Å²) < 4.78 is 0. The number of rotatable bonds is 4. The molecule has 0 aliphatic carbocycles. The Hall–Kier alpha value is -0.0800. The normalized spacial score (nSPS) is 27.8. The van der Waals surface area contributed by atoms with Crippen molar-refractivity contribution in [2.45, 2.75) is 51.6 Å². The lowest BCUT2D eigenvalue weighted by atomic mass is 10.1. The van der Waals surface area contributed by atoms with Crippen LogP contribution >= 0.6 is 0 Å². The molecule has 1 rings (SSSR count). The maximum absolute atomic E-state index is 5.72. The predicted octanol–water partition coefficient (Wildman–Crippen LogP) is 1.60. The quantitative estimate of drug-likeness (QED) is 0.694. The fraction of sp³-hybridized carbons (Fsp3) is 1.00. The van der Waals surface area contributed by atoms with E-state index in [1.807, 2.05) is 0 Å². The molecule has 2 unspecified atom stereocenters. The number of nitrogens with zero attached hydrogens (tertiary/aromatic N) is 1. The lowest BCUT2D eigenvalue weighted by Crippen LogP contribution is -2.41. The molecule has 0 saturated carbocycles. The molecule has 1 aliphatic rings. The molecular formula is C10H22N2. The molecule has 1 fully saturated rings. The first-order valence-corrected chi connectivity index (χ1v) is 5.25. The van der Waals surface area contributed by atoms with E-state index in [1.165, 1.54) is 32.2 Å². The first-order valence-electron chi connectivity index (χ1n) is 5.25. The molecule has 0 bridgehead atoms. The first kappa shape index (κ1) is 10.0. The standard InChI is InChI=1S/C10H22N2/c1-3-5-9(2)12-7-4-6-10(12)8-11/h9-10H,3-8,11H2,1-2H3. The number of hydrogen-bond donors (Lipinski definition) is 1. The third-order valence-electron chi connectivity index (χ3n) is 2.97. The molecule has 0 aromatic rings. The molecule has 1 aliphatic heterocycles. The lowest BCUT2D eigenvalue weighted by molar-refractivity contribution is 0.186. The largest absolute Gasteiger partial charge is 0.329 e. The maximum atomic E-state index is 5.72. The third-order valence-corrected chi connectivity index (χ3v) is 2.97. The van der Waals surface area contributed by atoms with E-state index in [4.69, 9.17) is 5.73 Å². The smallest absolute Gasteiger partial charge is 0.0221 e. The number of likely N-dealkylation sites (tertiary alicyclic amines) is 1. The van der Waals surface area contributed by atoms with Crippen LogP contribution in [0, 0.1) is 0 Å². The van der Waals surface area contributed by atoms with Crippen molar-refractivity contribution in [3.05, 3.63) is 0 Å². The summed E-state index contributed by atoms with van der Waals surface area (Å²) >= 11 is 0. The summed E-state index contributed by atoms with van der Waals surface area (Å²) in [6.07, 6.45) is 5.26. The van der Waals surface area contributed by atoms with Crippen molar-refractivity contribution in [3.8, 4) is 0 Å². The van der Waals surface area contributed by atoms with Gasteiger partial charge >= 0.3 is 0 Å². The van der Waals surface area contributed by atoms with Crippen molar-refractivity contribution in [3.63, 3.8) is 0 Å². The van der Waals surface area contributed by atoms with E-state index in [-0.39, 0.29) is 0 Å². The van der Waals surface area contributed by atoms with E-state index in [1.54, 1.807) is 0 Å². The van der Waals surface area contributed by atoms with Gasteiger partial charge in [-0.1, -0.05) is 13.3 Å². The van der Waals surface area contributed by atoms with Crippen LogP contribution in [0.4, 0.5) is 0 Å². The maximum Gasteiger partial charge on any atom is 0.0221 e. The highest BCUT2D eigenvalue weighted by molar-refractivity contribution is 4.83. The van der Waals surface area contributed by atoms with Gasteiger partial charge in [0.1, 0.15) is 0 Å². The van der Waals surface area contributed by atoms with Gasteiger partial charge in [0.05, 0.1) is 0 Å². The van der Waals surface area contributed by atoms with Gasteiger partial charge in [0.25, 0.3) is 0 Å². The van der Waals surface area contributed by atoms with Crippen LogP contribution in [-0.2, 0) is 0 Å². The fourth-order valence-electron chi connectivity index (χ4n) is 2.28. The second-order valence-corrected chi connectivity index (χ2v) is 3.91. The Morgan fingerprint density at radius 2 is 2.33 bits per heavy atom. The zero-order valence-corrected chi connectivity index (χ0v) is 8.42. The molecule has 72 valence electrons. The summed E-state index contributed by atoms with van der Waals surface area (Å²) in [5.74, 6) is 0. The Labute approximate surface area is 76.1 Å². The SMILES string of the molecule is CCCC(C)N1CCCC1CN. The van der Waals surface area contributed by atoms with Crippen LogP contribution in [0.3, 0.4) is 0 Å². The van der Waals surface area contributed by atoms with E-state index >= 15 is 0 Å². The van der Waals surface area contributed by atoms with E-state index in [9.17, 15) is 0 Å². The second kappa shape index (κ2) is 4.83. The minimum atomic E-state index is 0.673. The Balaban J connectivity index is 2.38. The zero-order valence-electron chi connectivity index (χ0n) is 8.42. The van der Waals surface area contributed by atoms with Gasteiger partial charge in [0.15, 0.2) is 0 Å². The Kier molecular flexibility index (Phi) is 4.02. The molecule has 2 atom stereocenters. The van der Waals surface area contributed by atoms with Gasteiger partial charge in [-0.05, 0) is 32.7 Å². The molecule has 1 saturated heterocycles. The van der Waals surface area contributed by atoms with Gasteiger partial charge in [-0.25, -0.2) is 0 Å². The van der Waals surface area contributed by atoms with E-state index in [2.05, 4.69) is 18.7 Å².